The third kappa shape index (κ3) is 4.90. The van der Waals surface area contributed by atoms with Gasteiger partial charge in [-0.3, -0.25) is 9.69 Å². The van der Waals surface area contributed by atoms with Gasteiger partial charge in [-0.2, -0.15) is 0 Å². The largest absolute Gasteiger partial charge is 0.497 e. The molecule has 2 N–H and O–H groups in total. The first-order valence-electron chi connectivity index (χ1n) is 11.0. The number of likely N-dealkylation sites (tertiary alicyclic amines) is 1. The molecule has 1 aliphatic heterocycles. The first-order valence-corrected chi connectivity index (χ1v) is 11.0. The van der Waals surface area contributed by atoms with Gasteiger partial charge in [0.1, 0.15) is 11.6 Å². The summed E-state index contributed by atoms with van der Waals surface area (Å²) >= 11 is 0. The average molecular weight is 424 g/mol. The molecule has 31 heavy (non-hydrogen) atoms. The van der Waals surface area contributed by atoms with E-state index < -0.39 is 0 Å². The van der Waals surface area contributed by atoms with Crippen LogP contribution < -0.4 is 10.1 Å². The molecule has 1 fully saturated rings. The van der Waals surface area contributed by atoms with E-state index in [2.05, 4.69) is 33.5 Å². The minimum absolute atomic E-state index is 0.0531. The summed E-state index contributed by atoms with van der Waals surface area (Å²) in [5, 5.41) is 4.25. The Labute approximate surface area is 182 Å². The van der Waals surface area contributed by atoms with Gasteiger partial charge >= 0.3 is 0 Å². The summed E-state index contributed by atoms with van der Waals surface area (Å²) in [5.74, 6) is 1.16. The van der Waals surface area contributed by atoms with E-state index in [1.165, 1.54) is 23.1 Å². The van der Waals surface area contributed by atoms with Crippen molar-refractivity contribution in [2.45, 2.75) is 38.1 Å². The summed E-state index contributed by atoms with van der Waals surface area (Å²) in [5.41, 5.74) is 3.49. The quantitative estimate of drug-likeness (QED) is 0.598. The number of ether oxygens (including phenoxy) is 1. The second-order valence-electron chi connectivity index (χ2n) is 8.31. The van der Waals surface area contributed by atoms with E-state index in [0.29, 0.717) is 18.9 Å². The number of amides is 1. The molecule has 0 aliphatic carbocycles. The molecular formula is C25H30FN3O2. The molecule has 1 saturated heterocycles. The zero-order chi connectivity index (χ0) is 21.8. The molecular weight excluding hydrogens is 393 g/mol. The van der Waals surface area contributed by atoms with Crippen LogP contribution in [0.2, 0.25) is 0 Å². The Morgan fingerprint density at radius 3 is 2.68 bits per heavy atom. The molecule has 0 bridgehead atoms. The molecule has 0 spiro atoms. The topological polar surface area (TPSA) is 57.4 Å². The second-order valence-corrected chi connectivity index (χ2v) is 8.31. The third-order valence-corrected chi connectivity index (χ3v) is 6.44. The molecule has 164 valence electrons. The van der Waals surface area contributed by atoms with Gasteiger partial charge in [0, 0.05) is 23.6 Å². The maximum atomic E-state index is 13.0. The number of piperidine rings is 1. The van der Waals surface area contributed by atoms with Crippen molar-refractivity contribution in [3.63, 3.8) is 0 Å². The summed E-state index contributed by atoms with van der Waals surface area (Å²) < 4.78 is 18.4. The highest BCUT2D eigenvalue weighted by molar-refractivity contribution is 5.85. The molecule has 1 aliphatic rings. The van der Waals surface area contributed by atoms with Crippen LogP contribution in [0.3, 0.4) is 0 Å². The standard InChI is InChI=1S/C25H30FN3O2/c1-17(25(30)27-12-9-18-3-5-20(26)6-4-18)29-13-10-19(11-14-29)23-16-28-24-8-7-21(31-2)15-22(23)24/h3-8,15-17,19,28H,9-14H2,1-2H3,(H,27,30). The Kier molecular flexibility index (Phi) is 6.56. The van der Waals surface area contributed by atoms with E-state index in [1.54, 1.807) is 19.2 Å². The van der Waals surface area contributed by atoms with E-state index in [1.807, 2.05) is 13.0 Å². The number of methoxy groups -OCH3 is 1. The van der Waals surface area contributed by atoms with Gasteiger partial charge in [0.2, 0.25) is 5.91 Å². The lowest BCUT2D eigenvalue weighted by Crippen LogP contribution is -2.48. The Hall–Kier alpha value is -2.86. The number of carbonyl (C=O) groups is 1. The van der Waals surface area contributed by atoms with Gasteiger partial charge in [-0.1, -0.05) is 12.1 Å². The lowest BCUT2D eigenvalue weighted by Gasteiger charge is -2.35. The molecule has 2 aromatic carbocycles. The molecule has 1 amide bonds. The Balaban J connectivity index is 1.29. The lowest BCUT2D eigenvalue weighted by atomic mass is 9.88. The van der Waals surface area contributed by atoms with Crippen molar-refractivity contribution in [1.29, 1.82) is 0 Å². The molecule has 6 heteroatoms. The zero-order valence-corrected chi connectivity index (χ0v) is 18.2. The van der Waals surface area contributed by atoms with E-state index in [-0.39, 0.29) is 17.8 Å². The minimum Gasteiger partial charge on any atom is -0.497 e. The van der Waals surface area contributed by atoms with Gasteiger partial charge < -0.3 is 15.0 Å². The minimum atomic E-state index is -0.239. The van der Waals surface area contributed by atoms with Crippen LogP contribution in [0, 0.1) is 5.82 Å². The summed E-state index contributed by atoms with van der Waals surface area (Å²) in [6.45, 7) is 4.33. The van der Waals surface area contributed by atoms with Crippen LogP contribution >= 0.6 is 0 Å². The van der Waals surface area contributed by atoms with E-state index in [9.17, 15) is 9.18 Å². The van der Waals surface area contributed by atoms with Crippen molar-refractivity contribution in [1.82, 2.24) is 15.2 Å². The highest BCUT2D eigenvalue weighted by atomic mass is 19.1. The molecule has 4 rings (SSSR count). The van der Waals surface area contributed by atoms with Crippen LogP contribution in [0.15, 0.2) is 48.7 Å². The highest BCUT2D eigenvalue weighted by Crippen LogP contribution is 2.35. The molecule has 0 saturated carbocycles. The Morgan fingerprint density at radius 2 is 1.97 bits per heavy atom. The second kappa shape index (κ2) is 9.52. The van der Waals surface area contributed by atoms with Crippen LogP contribution in [-0.2, 0) is 11.2 Å². The number of nitrogens with zero attached hydrogens (tertiary/aromatic N) is 1. The number of rotatable bonds is 7. The van der Waals surface area contributed by atoms with Gasteiger partial charge in [0.05, 0.1) is 13.2 Å². The van der Waals surface area contributed by atoms with Crippen LogP contribution in [-0.4, -0.2) is 48.6 Å². The van der Waals surface area contributed by atoms with Crippen molar-refractivity contribution in [3.8, 4) is 5.75 Å². The predicted octanol–water partition coefficient (Wildman–Crippen LogP) is 4.24. The SMILES string of the molecule is COc1ccc2[nH]cc(C3CCN(C(C)C(=O)NCCc4ccc(F)cc4)CC3)c2c1. The molecule has 3 aromatic rings. The number of carbonyl (C=O) groups excluding carboxylic acids is 1. The first kappa shape index (κ1) is 21.4. The zero-order valence-electron chi connectivity index (χ0n) is 18.2. The summed E-state index contributed by atoms with van der Waals surface area (Å²) in [4.78, 5) is 18.2. The van der Waals surface area contributed by atoms with Gasteiger partial charge in [0.15, 0.2) is 0 Å². The summed E-state index contributed by atoms with van der Waals surface area (Å²) in [6.07, 6.45) is 4.87. The number of hydrogen-bond acceptors (Lipinski definition) is 3. The lowest BCUT2D eigenvalue weighted by molar-refractivity contribution is -0.126. The summed E-state index contributed by atoms with van der Waals surface area (Å²) in [7, 11) is 1.69. The predicted molar refractivity (Wildman–Crippen MR) is 121 cm³/mol. The third-order valence-electron chi connectivity index (χ3n) is 6.44. The van der Waals surface area contributed by atoms with Crippen molar-refractivity contribution >= 4 is 16.8 Å². The highest BCUT2D eigenvalue weighted by Gasteiger charge is 2.28. The maximum Gasteiger partial charge on any atom is 0.237 e. The van der Waals surface area contributed by atoms with Gasteiger partial charge in [0.25, 0.3) is 0 Å². The number of H-pyrrole nitrogens is 1. The molecule has 1 aromatic heterocycles. The van der Waals surface area contributed by atoms with Gasteiger partial charge in [-0.05, 0) is 86.7 Å². The number of nitrogens with one attached hydrogen (secondary N) is 2. The Morgan fingerprint density at radius 1 is 1.23 bits per heavy atom. The molecule has 5 nitrogen and oxygen atoms in total. The average Bonchev–Trinajstić information content (AvgIpc) is 3.23. The van der Waals surface area contributed by atoms with Crippen LogP contribution in [0.1, 0.15) is 36.8 Å². The fourth-order valence-electron chi connectivity index (χ4n) is 4.48. The van der Waals surface area contributed by atoms with Crippen molar-refractivity contribution < 1.29 is 13.9 Å². The Bertz CT molecular complexity index is 1020. The first-order chi connectivity index (χ1) is 15.0. The van der Waals surface area contributed by atoms with E-state index >= 15 is 0 Å². The number of aromatic amines is 1. The monoisotopic (exact) mass is 423 g/mol. The van der Waals surface area contributed by atoms with Crippen molar-refractivity contribution in [3.05, 3.63) is 65.6 Å². The van der Waals surface area contributed by atoms with Crippen molar-refractivity contribution in [2.24, 2.45) is 0 Å². The van der Waals surface area contributed by atoms with E-state index in [4.69, 9.17) is 4.74 Å². The number of aromatic nitrogens is 1. The van der Waals surface area contributed by atoms with Crippen molar-refractivity contribution in [2.75, 3.05) is 26.7 Å². The smallest absolute Gasteiger partial charge is 0.237 e. The van der Waals surface area contributed by atoms with Crippen LogP contribution in [0.4, 0.5) is 4.39 Å². The number of halogens is 1. The maximum absolute atomic E-state index is 13.0. The molecule has 0 radical (unpaired) electrons. The number of fused-ring (bicyclic) bond motifs is 1. The number of benzene rings is 2. The van der Waals surface area contributed by atoms with Gasteiger partial charge in [-0.25, -0.2) is 4.39 Å². The van der Waals surface area contributed by atoms with Gasteiger partial charge in [-0.15, -0.1) is 0 Å². The molecule has 1 atom stereocenters. The fourth-order valence-corrected chi connectivity index (χ4v) is 4.48. The normalized spacial score (nSPS) is 16.4. The van der Waals surface area contributed by atoms with E-state index in [0.717, 1.165) is 42.8 Å². The van der Waals surface area contributed by atoms with Crippen LogP contribution in [0.25, 0.3) is 10.9 Å². The fraction of sp³-hybridized carbons (Fsp3) is 0.400. The molecule has 2 heterocycles. The summed E-state index contributed by atoms with van der Waals surface area (Å²) in [6, 6.07) is 12.4. The molecule has 1 unspecified atom stereocenters. The number of hydrogen-bond donors (Lipinski definition) is 2. The van der Waals surface area contributed by atoms with Crippen LogP contribution in [0.5, 0.6) is 5.75 Å².